The number of aliphatic hydroxyl groups excluding tert-OH is 1. The van der Waals surface area contributed by atoms with Gasteiger partial charge in [0.05, 0.1) is 0 Å². The number of aromatic amines is 1. The van der Waals surface area contributed by atoms with Crippen LogP contribution in [0.4, 0.5) is 0 Å². The minimum Gasteiger partial charge on any atom is -0.456 e. The van der Waals surface area contributed by atoms with Crippen molar-refractivity contribution in [2.24, 2.45) is 0 Å². The van der Waals surface area contributed by atoms with Gasteiger partial charge in [-0.2, -0.15) is 5.26 Å². The number of aryl methyl sites for hydroxylation is 1. The Morgan fingerprint density at radius 3 is 2.65 bits per heavy atom. The lowest BCUT2D eigenvalue weighted by Crippen LogP contribution is -1.94. The van der Waals surface area contributed by atoms with E-state index in [0.29, 0.717) is 28.1 Å². The Labute approximate surface area is 122 Å². The molecule has 0 spiro atoms. The number of pyridine rings is 1. The maximum Gasteiger partial charge on any atom is 0.149 e. The minimum absolute atomic E-state index is 0.117. The molecule has 0 bridgehead atoms. The van der Waals surface area contributed by atoms with Gasteiger partial charge in [0.1, 0.15) is 27.8 Å². The van der Waals surface area contributed by atoms with Crippen LogP contribution in [0, 0.1) is 22.9 Å². The SMILES string of the molecule is Cc1cc(Oc2ccc(CCO)cc2)c(C#N)c(=S)[nH]1. The number of nitrogens with zero attached hydrogens (tertiary/aromatic N) is 1. The van der Waals surface area contributed by atoms with Crippen LogP contribution in [0.15, 0.2) is 30.3 Å². The van der Waals surface area contributed by atoms with Gasteiger partial charge in [0, 0.05) is 18.4 Å². The molecule has 0 saturated heterocycles. The molecular formula is C15H14N2O2S. The summed E-state index contributed by atoms with van der Waals surface area (Å²) in [7, 11) is 0. The van der Waals surface area contributed by atoms with Gasteiger partial charge in [-0.1, -0.05) is 24.4 Å². The summed E-state index contributed by atoms with van der Waals surface area (Å²) in [6.07, 6.45) is 0.611. The monoisotopic (exact) mass is 286 g/mol. The van der Waals surface area contributed by atoms with Crippen LogP contribution < -0.4 is 4.74 Å². The first-order valence-electron chi connectivity index (χ1n) is 6.15. The van der Waals surface area contributed by atoms with Crippen molar-refractivity contribution in [3.05, 3.63) is 51.8 Å². The van der Waals surface area contributed by atoms with Crippen LogP contribution in [0.5, 0.6) is 11.5 Å². The molecule has 0 saturated carbocycles. The summed E-state index contributed by atoms with van der Waals surface area (Å²) in [5.74, 6) is 1.08. The highest BCUT2D eigenvalue weighted by Crippen LogP contribution is 2.26. The van der Waals surface area contributed by atoms with Crippen LogP contribution in [0.1, 0.15) is 16.8 Å². The van der Waals surface area contributed by atoms with Gasteiger partial charge in [0.2, 0.25) is 0 Å². The molecule has 4 nitrogen and oxygen atoms in total. The van der Waals surface area contributed by atoms with Crippen molar-refractivity contribution in [2.45, 2.75) is 13.3 Å². The van der Waals surface area contributed by atoms with Crippen molar-refractivity contribution >= 4 is 12.2 Å². The fraction of sp³-hybridized carbons (Fsp3) is 0.200. The second-order valence-corrected chi connectivity index (χ2v) is 4.76. The van der Waals surface area contributed by atoms with Crippen molar-refractivity contribution in [1.82, 2.24) is 4.98 Å². The number of ether oxygens (including phenoxy) is 1. The average Bonchev–Trinajstić information content (AvgIpc) is 2.41. The van der Waals surface area contributed by atoms with Gasteiger partial charge in [-0.05, 0) is 31.0 Å². The number of aromatic nitrogens is 1. The number of nitrogens with one attached hydrogen (secondary N) is 1. The molecule has 0 aliphatic carbocycles. The van der Waals surface area contributed by atoms with Crippen LogP contribution >= 0.6 is 12.2 Å². The molecule has 0 aliphatic rings. The van der Waals surface area contributed by atoms with Crippen LogP contribution in [0.3, 0.4) is 0 Å². The number of nitriles is 1. The minimum atomic E-state index is 0.117. The van der Waals surface area contributed by atoms with E-state index in [1.54, 1.807) is 18.2 Å². The summed E-state index contributed by atoms with van der Waals surface area (Å²) in [6, 6.07) is 11.2. The maximum absolute atomic E-state index is 9.14. The molecule has 2 aromatic rings. The smallest absolute Gasteiger partial charge is 0.149 e. The van der Waals surface area contributed by atoms with Crippen LogP contribution in [-0.2, 0) is 6.42 Å². The van der Waals surface area contributed by atoms with Gasteiger partial charge in [0.15, 0.2) is 0 Å². The molecule has 102 valence electrons. The van der Waals surface area contributed by atoms with E-state index in [2.05, 4.69) is 4.98 Å². The van der Waals surface area contributed by atoms with Gasteiger partial charge < -0.3 is 14.8 Å². The van der Waals surface area contributed by atoms with Crippen LogP contribution in [0.25, 0.3) is 0 Å². The first-order chi connectivity index (χ1) is 9.63. The van der Waals surface area contributed by atoms with Crippen LogP contribution in [-0.4, -0.2) is 16.7 Å². The molecule has 1 aromatic carbocycles. The first kappa shape index (κ1) is 14.3. The van der Waals surface area contributed by atoms with Crippen molar-refractivity contribution in [3.63, 3.8) is 0 Å². The zero-order chi connectivity index (χ0) is 14.5. The number of benzene rings is 1. The van der Waals surface area contributed by atoms with E-state index in [4.69, 9.17) is 27.3 Å². The molecule has 0 amide bonds. The number of rotatable bonds is 4. The zero-order valence-corrected chi connectivity index (χ0v) is 11.8. The lowest BCUT2D eigenvalue weighted by Gasteiger charge is -2.09. The van der Waals surface area contributed by atoms with E-state index in [0.717, 1.165) is 11.3 Å². The molecule has 5 heteroatoms. The fourth-order valence-corrected chi connectivity index (χ4v) is 2.13. The first-order valence-corrected chi connectivity index (χ1v) is 6.56. The molecule has 0 unspecified atom stereocenters. The van der Waals surface area contributed by atoms with E-state index in [1.165, 1.54) is 0 Å². The van der Waals surface area contributed by atoms with Crippen molar-refractivity contribution in [3.8, 4) is 17.6 Å². The molecule has 1 aromatic heterocycles. The third-order valence-electron chi connectivity index (χ3n) is 2.80. The molecule has 1 heterocycles. The summed E-state index contributed by atoms with van der Waals surface area (Å²) in [6.45, 7) is 1.97. The zero-order valence-electron chi connectivity index (χ0n) is 11.0. The standard InChI is InChI=1S/C15H14N2O2S/c1-10-8-14(13(9-16)15(20)17-10)19-12-4-2-11(3-5-12)6-7-18/h2-5,8,18H,6-7H2,1H3,(H,17,20). The molecular weight excluding hydrogens is 272 g/mol. The lowest BCUT2D eigenvalue weighted by atomic mass is 10.1. The molecule has 0 fully saturated rings. The molecule has 2 N–H and O–H groups in total. The van der Waals surface area contributed by atoms with Gasteiger partial charge in [0.25, 0.3) is 0 Å². The average molecular weight is 286 g/mol. The maximum atomic E-state index is 9.14. The topological polar surface area (TPSA) is 69.0 Å². The van der Waals surface area contributed by atoms with E-state index in [1.807, 2.05) is 25.1 Å². The Kier molecular flexibility index (Phi) is 4.51. The van der Waals surface area contributed by atoms with Crippen molar-refractivity contribution < 1.29 is 9.84 Å². The van der Waals surface area contributed by atoms with Gasteiger partial charge in [-0.25, -0.2) is 0 Å². The van der Waals surface area contributed by atoms with Gasteiger partial charge in [-0.3, -0.25) is 0 Å². The number of hydrogen-bond acceptors (Lipinski definition) is 4. The fourth-order valence-electron chi connectivity index (χ4n) is 1.82. The highest BCUT2D eigenvalue weighted by atomic mass is 32.1. The summed E-state index contributed by atoms with van der Waals surface area (Å²) in [4.78, 5) is 2.93. The largest absolute Gasteiger partial charge is 0.456 e. The quantitative estimate of drug-likeness (QED) is 0.846. The number of H-pyrrole nitrogens is 1. The van der Waals surface area contributed by atoms with E-state index < -0.39 is 0 Å². The third kappa shape index (κ3) is 3.23. The van der Waals surface area contributed by atoms with E-state index in [9.17, 15) is 0 Å². The second kappa shape index (κ2) is 6.33. The summed E-state index contributed by atoms with van der Waals surface area (Å²) in [5.41, 5.74) is 2.19. The highest BCUT2D eigenvalue weighted by molar-refractivity contribution is 7.71. The van der Waals surface area contributed by atoms with Gasteiger partial charge >= 0.3 is 0 Å². The molecule has 0 aliphatic heterocycles. The lowest BCUT2D eigenvalue weighted by molar-refractivity contribution is 0.299. The van der Waals surface area contributed by atoms with E-state index in [-0.39, 0.29) is 6.61 Å². The van der Waals surface area contributed by atoms with Crippen molar-refractivity contribution in [2.75, 3.05) is 6.61 Å². The van der Waals surface area contributed by atoms with Gasteiger partial charge in [-0.15, -0.1) is 0 Å². The third-order valence-corrected chi connectivity index (χ3v) is 3.10. The number of hydrogen-bond donors (Lipinski definition) is 2. The van der Waals surface area contributed by atoms with E-state index >= 15 is 0 Å². The Morgan fingerprint density at radius 1 is 1.35 bits per heavy atom. The number of aliphatic hydroxyl groups is 1. The second-order valence-electron chi connectivity index (χ2n) is 4.35. The van der Waals surface area contributed by atoms with Crippen LogP contribution in [0.2, 0.25) is 0 Å². The summed E-state index contributed by atoms with van der Waals surface area (Å²) >= 11 is 5.11. The molecule has 20 heavy (non-hydrogen) atoms. The Hall–Kier alpha value is -2.16. The normalized spacial score (nSPS) is 10.1. The molecule has 0 atom stereocenters. The molecule has 0 radical (unpaired) electrons. The Bertz CT molecular complexity index is 699. The predicted octanol–water partition coefficient (Wildman–Crippen LogP) is 3.25. The summed E-state index contributed by atoms with van der Waals surface area (Å²) in [5, 5.41) is 18.0. The highest BCUT2D eigenvalue weighted by Gasteiger charge is 2.08. The Balaban J connectivity index is 2.30. The summed E-state index contributed by atoms with van der Waals surface area (Å²) < 4.78 is 6.10. The Morgan fingerprint density at radius 2 is 2.05 bits per heavy atom. The molecule has 2 rings (SSSR count). The van der Waals surface area contributed by atoms with Crippen molar-refractivity contribution in [1.29, 1.82) is 5.26 Å². The predicted molar refractivity (Wildman–Crippen MR) is 78.4 cm³/mol.